The van der Waals surface area contributed by atoms with E-state index in [9.17, 15) is 18.0 Å². The summed E-state index contributed by atoms with van der Waals surface area (Å²) in [6.45, 7) is 1.70. The van der Waals surface area contributed by atoms with Gasteiger partial charge < -0.3 is 15.0 Å². The first-order valence-corrected chi connectivity index (χ1v) is 15.9. The molecule has 3 aromatic rings. The van der Waals surface area contributed by atoms with Gasteiger partial charge in [-0.15, -0.1) is 0 Å². The van der Waals surface area contributed by atoms with Crippen molar-refractivity contribution in [3.05, 3.63) is 95.0 Å². The van der Waals surface area contributed by atoms with E-state index in [1.165, 1.54) is 4.90 Å². The molecule has 1 atom stereocenters. The number of hydrogen-bond acceptors (Lipinski definition) is 5. The minimum Gasteiger partial charge on any atom is -0.489 e. The summed E-state index contributed by atoms with van der Waals surface area (Å²) in [6, 6.07) is 22.5. The maximum atomic E-state index is 13.7. The topological polar surface area (TPSA) is 96.0 Å². The maximum Gasteiger partial charge on any atom is 0.244 e. The first kappa shape index (κ1) is 30.4. The third-order valence-corrected chi connectivity index (χ3v) is 8.58. The fourth-order valence-corrected chi connectivity index (χ4v) is 5.80. The molecule has 0 saturated heterocycles. The first-order chi connectivity index (χ1) is 19.6. The van der Waals surface area contributed by atoms with Gasteiger partial charge in [0.2, 0.25) is 21.8 Å². The van der Waals surface area contributed by atoms with Gasteiger partial charge in [-0.2, -0.15) is 0 Å². The van der Waals surface area contributed by atoms with Gasteiger partial charge in [-0.1, -0.05) is 66.9 Å². The number of carbonyl (C=O) groups excluding carboxylic acids is 2. The van der Waals surface area contributed by atoms with Gasteiger partial charge in [0.25, 0.3) is 0 Å². The molecule has 3 aromatic carbocycles. The first-order valence-electron chi connectivity index (χ1n) is 13.7. The average Bonchev–Trinajstić information content (AvgIpc) is 3.47. The molecule has 0 radical (unpaired) electrons. The summed E-state index contributed by atoms with van der Waals surface area (Å²) in [5.41, 5.74) is 2.10. The SMILES string of the molecule is CC(C(=O)NC1CCCC1)N(Cc1ccc(Cl)cc1)C(=O)CN(c1ccc(OCc2ccccc2)cc1)S(C)(=O)=O. The van der Waals surface area contributed by atoms with E-state index < -0.39 is 28.5 Å². The molecule has 1 fully saturated rings. The molecule has 10 heteroatoms. The summed E-state index contributed by atoms with van der Waals surface area (Å²) in [4.78, 5) is 28.3. The van der Waals surface area contributed by atoms with E-state index in [0.29, 0.717) is 23.1 Å². The quantitative estimate of drug-likeness (QED) is 0.311. The lowest BCUT2D eigenvalue weighted by Gasteiger charge is -2.32. The number of carbonyl (C=O) groups is 2. The van der Waals surface area contributed by atoms with Gasteiger partial charge in [-0.25, -0.2) is 8.42 Å². The zero-order chi connectivity index (χ0) is 29.4. The van der Waals surface area contributed by atoms with Crippen LogP contribution in [0.5, 0.6) is 5.75 Å². The monoisotopic (exact) mass is 597 g/mol. The number of nitrogens with one attached hydrogen (secondary N) is 1. The predicted molar refractivity (Wildman–Crippen MR) is 161 cm³/mol. The van der Waals surface area contributed by atoms with Gasteiger partial charge in [0.1, 0.15) is 24.9 Å². The summed E-state index contributed by atoms with van der Waals surface area (Å²) in [7, 11) is -3.83. The summed E-state index contributed by atoms with van der Waals surface area (Å²) in [5, 5.41) is 3.61. The molecular weight excluding hydrogens is 562 g/mol. The molecule has 0 heterocycles. The van der Waals surface area contributed by atoms with E-state index in [1.807, 2.05) is 30.3 Å². The molecule has 0 bridgehead atoms. The number of halogens is 1. The highest BCUT2D eigenvalue weighted by molar-refractivity contribution is 7.92. The van der Waals surface area contributed by atoms with Crippen LogP contribution in [0.3, 0.4) is 0 Å². The van der Waals surface area contributed by atoms with Gasteiger partial charge in [0.05, 0.1) is 11.9 Å². The highest BCUT2D eigenvalue weighted by Crippen LogP contribution is 2.24. The second-order valence-corrected chi connectivity index (χ2v) is 12.7. The Kier molecular flexibility index (Phi) is 10.3. The number of ether oxygens (including phenoxy) is 1. The van der Waals surface area contributed by atoms with Crippen LogP contribution in [0.2, 0.25) is 5.02 Å². The number of sulfonamides is 1. The minimum atomic E-state index is -3.83. The summed E-state index contributed by atoms with van der Waals surface area (Å²) in [5.74, 6) is -0.187. The van der Waals surface area contributed by atoms with Crippen LogP contribution in [0.25, 0.3) is 0 Å². The lowest BCUT2D eigenvalue weighted by molar-refractivity contribution is -0.139. The Morgan fingerprint density at radius 2 is 1.59 bits per heavy atom. The number of anilines is 1. The Bertz CT molecular complexity index is 1410. The van der Waals surface area contributed by atoms with Crippen LogP contribution in [0.4, 0.5) is 5.69 Å². The van der Waals surface area contributed by atoms with Gasteiger partial charge in [0.15, 0.2) is 0 Å². The molecule has 8 nitrogen and oxygen atoms in total. The number of rotatable bonds is 12. The molecule has 0 aromatic heterocycles. The molecule has 218 valence electrons. The van der Waals surface area contributed by atoms with Crippen molar-refractivity contribution < 1.29 is 22.7 Å². The van der Waals surface area contributed by atoms with Crippen molar-refractivity contribution in [2.24, 2.45) is 0 Å². The third-order valence-electron chi connectivity index (χ3n) is 7.19. The Balaban J connectivity index is 1.51. The van der Waals surface area contributed by atoms with Crippen LogP contribution in [-0.4, -0.2) is 50.0 Å². The molecule has 41 heavy (non-hydrogen) atoms. The molecule has 1 N–H and O–H groups in total. The van der Waals surface area contributed by atoms with E-state index in [1.54, 1.807) is 55.5 Å². The third kappa shape index (κ3) is 8.71. The number of amides is 2. The van der Waals surface area contributed by atoms with Crippen molar-refractivity contribution in [1.82, 2.24) is 10.2 Å². The van der Waals surface area contributed by atoms with Crippen LogP contribution in [-0.2, 0) is 32.8 Å². The van der Waals surface area contributed by atoms with E-state index in [2.05, 4.69) is 5.32 Å². The lowest BCUT2D eigenvalue weighted by atomic mass is 10.1. The maximum absolute atomic E-state index is 13.7. The zero-order valence-corrected chi connectivity index (χ0v) is 24.9. The molecule has 1 aliphatic rings. The highest BCUT2D eigenvalue weighted by Gasteiger charge is 2.31. The molecule has 1 unspecified atom stereocenters. The Morgan fingerprint density at radius 3 is 2.20 bits per heavy atom. The summed E-state index contributed by atoms with van der Waals surface area (Å²) >= 11 is 6.04. The number of hydrogen-bond donors (Lipinski definition) is 1. The Hall–Kier alpha value is -3.56. The standard InChI is InChI=1S/C31H36ClN3O5S/c1-23(31(37)33-27-10-6-7-11-27)34(20-24-12-14-26(32)15-13-24)30(36)21-35(41(2,38)39)28-16-18-29(19-17-28)40-22-25-8-4-3-5-9-25/h3-5,8-9,12-19,23,27H,6-7,10-11,20-22H2,1-2H3,(H,33,37). The molecule has 2 amide bonds. The van der Waals surface area contributed by atoms with Gasteiger partial charge in [-0.05, 0) is 67.3 Å². The summed E-state index contributed by atoms with van der Waals surface area (Å²) in [6.07, 6.45) is 5.01. The van der Waals surface area contributed by atoms with Gasteiger partial charge in [-0.3, -0.25) is 13.9 Å². The van der Waals surface area contributed by atoms with Gasteiger partial charge in [0, 0.05) is 17.6 Å². The second kappa shape index (κ2) is 13.9. The second-order valence-electron chi connectivity index (χ2n) is 10.4. The van der Waals surface area contributed by atoms with Crippen LogP contribution in [0, 0.1) is 0 Å². The highest BCUT2D eigenvalue weighted by atomic mass is 35.5. The van der Waals surface area contributed by atoms with Gasteiger partial charge >= 0.3 is 0 Å². The van der Waals surface area contributed by atoms with E-state index >= 15 is 0 Å². The molecule has 4 rings (SSSR count). The molecule has 1 saturated carbocycles. The van der Waals surface area contributed by atoms with Crippen molar-refractivity contribution in [2.75, 3.05) is 17.1 Å². The molecular formula is C31H36ClN3O5S. The smallest absolute Gasteiger partial charge is 0.244 e. The van der Waals surface area contributed by atoms with E-state index in [4.69, 9.17) is 16.3 Å². The molecule has 0 spiro atoms. The molecule has 1 aliphatic carbocycles. The largest absolute Gasteiger partial charge is 0.489 e. The summed E-state index contributed by atoms with van der Waals surface area (Å²) < 4.78 is 32.6. The van der Waals surface area contributed by atoms with E-state index in [0.717, 1.165) is 47.4 Å². The van der Waals surface area contributed by atoms with Crippen molar-refractivity contribution in [1.29, 1.82) is 0 Å². The van der Waals surface area contributed by atoms with Crippen LogP contribution in [0.1, 0.15) is 43.7 Å². The normalized spacial score (nSPS) is 14.3. The average molecular weight is 598 g/mol. The number of benzene rings is 3. The zero-order valence-electron chi connectivity index (χ0n) is 23.3. The fourth-order valence-electron chi connectivity index (χ4n) is 4.82. The molecule has 0 aliphatic heterocycles. The van der Waals surface area contributed by atoms with Crippen molar-refractivity contribution >= 4 is 39.1 Å². The van der Waals surface area contributed by atoms with Crippen molar-refractivity contribution in [3.63, 3.8) is 0 Å². The predicted octanol–water partition coefficient (Wildman–Crippen LogP) is 5.16. The minimum absolute atomic E-state index is 0.0903. The van der Waals surface area contributed by atoms with Crippen molar-refractivity contribution in [3.8, 4) is 5.75 Å². The number of nitrogens with zero attached hydrogens (tertiary/aromatic N) is 2. The van der Waals surface area contributed by atoms with Crippen LogP contribution in [0.15, 0.2) is 78.9 Å². The van der Waals surface area contributed by atoms with Crippen molar-refractivity contribution in [2.45, 2.75) is 57.8 Å². The van der Waals surface area contributed by atoms with Crippen LogP contribution >= 0.6 is 11.6 Å². The van der Waals surface area contributed by atoms with E-state index in [-0.39, 0.29) is 18.5 Å². The van der Waals surface area contributed by atoms with Crippen LogP contribution < -0.4 is 14.4 Å². The fraction of sp³-hybridized carbons (Fsp3) is 0.355. The Labute approximate surface area is 247 Å². The lowest BCUT2D eigenvalue weighted by Crippen LogP contribution is -2.52. The Morgan fingerprint density at radius 1 is 0.951 bits per heavy atom.